The molecule has 90 valence electrons. The van der Waals surface area contributed by atoms with Gasteiger partial charge in [-0.3, -0.25) is 9.48 Å². The van der Waals surface area contributed by atoms with E-state index in [-0.39, 0.29) is 5.92 Å². The molecule has 1 aromatic rings. The van der Waals surface area contributed by atoms with Gasteiger partial charge in [-0.25, -0.2) is 0 Å². The summed E-state index contributed by atoms with van der Waals surface area (Å²) in [4.78, 5) is 11.0. The molecule has 0 aliphatic carbocycles. The van der Waals surface area contributed by atoms with Gasteiger partial charge in [-0.1, -0.05) is 13.8 Å². The van der Waals surface area contributed by atoms with E-state index in [2.05, 4.69) is 12.0 Å². The fourth-order valence-corrected chi connectivity index (χ4v) is 1.78. The van der Waals surface area contributed by atoms with E-state index in [0.717, 1.165) is 24.4 Å². The predicted molar refractivity (Wildman–Crippen MR) is 62.4 cm³/mol. The summed E-state index contributed by atoms with van der Waals surface area (Å²) in [5.41, 5.74) is 2.07. The van der Waals surface area contributed by atoms with E-state index in [9.17, 15) is 4.79 Å². The maximum atomic E-state index is 11.0. The molecule has 0 aromatic carbocycles. The standard InChI is InChI=1S/C12H20N2O2/c1-4-9(12(15)16)7-11-8-10(5-2)13-14(11)6-3/h8-9H,4-7H2,1-3H3,(H,15,16). The summed E-state index contributed by atoms with van der Waals surface area (Å²) in [5.74, 6) is -1.02. The smallest absolute Gasteiger partial charge is 0.306 e. The normalized spacial score (nSPS) is 12.7. The molecule has 0 amide bonds. The highest BCUT2D eigenvalue weighted by Gasteiger charge is 2.18. The molecule has 4 nitrogen and oxygen atoms in total. The molecule has 0 aliphatic rings. The first-order chi connectivity index (χ1) is 7.62. The van der Waals surface area contributed by atoms with Gasteiger partial charge in [0.25, 0.3) is 0 Å². The van der Waals surface area contributed by atoms with E-state index >= 15 is 0 Å². The third kappa shape index (κ3) is 2.84. The Kier molecular flexibility index (Phi) is 4.52. The largest absolute Gasteiger partial charge is 0.481 e. The lowest BCUT2D eigenvalue weighted by molar-refractivity contribution is -0.141. The van der Waals surface area contributed by atoms with E-state index < -0.39 is 5.97 Å². The quantitative estimate of drug-likeness (QED) is 0.805. The Labute approximate surface area is 96.3 Å². The van der Waals surface area contributed by atoms with Crippen molar-refractivity contribution in [2.45, 2.75) is 46.6 Å². The molecule has 16 heavy (non-hydrogen) atoms. The molecule has 1 aromatic heterocycles. The van der Waals surface area contributed by atoms with Gasteiger partial charge in [0.05, 0.1) is 11.6 Å². The Balaban J connectivity index is 2.85. The number of nitrogens with zero attached hydrogens (tertiary/aromatic N) is 2. The Bertz CT molecular complexity index is 358. The summed E-state index contributed by atoms with van der Waals surface area (Å²) in [7, 11) is 0. The van der Waals surface area contributed by atoms with E-state index in [1.807, 2.05) is 24.6 Å². The highest BCUT2D eigenvalue weighted by Crippen LogP contribution is 2.14. The van der Waals surface area contributed by atoms with Crippen molar-refractivity contribution in [3.63, 3.8) is 0 Å². The number of rotatable bonds is 6. The molecule has 0 saturated heterocycles. The van der Waals surface area contributed by atoms with Crippen LogP contribution in [0.15, 0.2) is 6.07 Å². The monoisotopic (exact) mass is 224 g/mol. The molecule has 0 saturated carbocycles. The van der Waals surface area contributed by atoms with Crippen LogP contribution in [-0.2, 0) is 24.2 Å². The lowest BCUT2D eigenvalue weighted by Gasteiger charge is -2.10. The number of carboxylic acids is 1. The maximum absolute atomic E-state index is 11.0. The number of hydrogen-bond donors (Lipinski definition) is 1. The highest BCUT2D eigenvalue weighted by molar-refractivity contribution is 5.70. The lowest BCUT2D eigenvalue weighted by Crippen LogP contribution is -2.17. The number of aliphatic carboxylic acids is 1. The van der Waals surface area contributed by atoms with E-state index in [0.29, 0.717) is 12.8 Å². The minimum atomic E-state index is -0.718. The number of carbonyl (C=O) groups is 1. The second kappa shape index (κ2) is 5.68. The average Bonchev–Trinajstić information content (AvgIpc) is 2.67. The van der Waals surface area contributed by atoms with Crippen LogP contribution in [0.1, 0.15) is 38.6 Å². The van der Waals surface area contributed by atoms with Crippen LogP contribution in [-0.4, -0.2) is 20.9 Å². The first-order valence-electron chi connectivity index (χ1n) is 5.90. The molecule has 1 unspecified atom stereocenters. The first-order valence-corrected chi connectivity index (χ1v) is 5.90. The molecule has 0 radical (unpaired) electrons. The second-order valence-corrected chi connectivity index (χ2v) is 3.94. The molecular formula is C12H20N2O2. The molecule has 0 fully saturated rings. The van der Waals surface area contributed by atoms with Crippen LogP contribution in [0.5, 0.6) is 0 Å². The summed E-state index contributed by atoms with van der Waals surface area (Å²) in [6, 6.07) is 2.02. The minimum Gasteiger partial charge on any atom is -0.481 e. The van der Waals surface area contributed by atoms with Crippen molar-refractivity contribution >= 4 is 5.97 Å². The predicted octanol–water partition coefficient (Wildman–Crippen LogP) is 2.12. The van der Waals surface area contributed by atoms with Gasteiger partial charge < -0.3 is 5.11 Å². The van der Waals surface area contributed by atoms with Crippen molar-refractivity contribution in [1.29, 1.82) is 0 Å². The van der Waals surface area contributed by atoms with Gasteiger partial charge >= 0.3 is 5.97 Å². The zero-order valence-corrected chi connectivity index (χ0v) is 10.2. The van der Waals surface area contributed by atoms with Crippen LogP contribution in [0, 0.1) is 5.92 Å². The van der Waals surface area contributed by atoms with Crippen molar-refractivity contribution < 1.29 is 9.90 Å². The summed E-state index contributed by atoms with van der Waals surface area (Å²) in [5, 5.41) is 13.5. The fraction of sp³-hybridized carbons (Fsp3) is 0.667. The number of aryl methyl sites for hydroxylation is 2. The van der Waals surface area contributed by atoms with Gasteiger partial charge in [0.15, 0.2) is 0 Å². The molecule has 0 spiro atoms. The molecule has 0 aliphatic heterocycles. The van der Waals surface area contributed by atoms with Crippen molar-refractivity contribution in [3.8, 4) is 0 Å². The van der Waals surface area contributed by atoms with Crippen LogP contribution >= 0.6 is 0 Å². The Hall–Kier alpha value is -1.32. The van der Waals surface area contributed by atoms with Crippen LogP contribution < -0.4 is 0 Å². The van der Waals surface area contributed by atoms with Crippen molar-refractivity contribution in [1.82, 2.24) is 9.78 Å². The van der Waals surface area contributed by atoms with Gasteiger partial charge in [0, 0.05) is 18.7 Å². The third-order valence-corrected chi connectivity index (χ3v) is 2.87. The Morgan fingerprint density at radius 2 is 2.19 bits per heavy atom. The number of carboxylic acid groups (broad SMARTS) is 1. The van der Waals surface area contributed by atoms with Gasteiger partial charge in [-0.15, -0.1) is 0 Å². The summed E-state index contributed by atoms with van der Waals surface area (Å²) >= 11 is 0. The van der Waals surface area contributed by atoms with Crippen molar-refractivity contribution in [3.05, 3.63) is 17.5 Å². The molecule has 1 atom stereocenters. The van der Waals surface area contributed by atoms with E-state index in [1.165, 1.54) is 0 Å². The van der Waals surface area contributed by atoms with Gasteiger partial charge in [-0.2, -0.15) is 5.10 Å². The summed E-state index contributed by atoms with van der Waals surface area (Å²) < 4.78 is 1.91. The van der Waals surface area contributed by atoms with Crippen LogP contribution in [0.3, 0.4) is 0 Å². The van der Waals surface area contributed by atoms with Crippen molar-refractivity contribution in [2.75, 3.05) is 0 Å². The van der Waals surface area contributed by atoms with E-state index in [1.54, 1.807) is 0 Å². The van der Waals surface area contributed by atoms with Crippen LogP contribution in [0.2, 0.25) is 0 Å². The third-order valence-electron chi connectivity index (χ3n) is 2.87. The van der Waals surface area contributed by atoms with Gasteiger partial charge in [0.1, 0.15) is 0 Å². The zero-order valence-electron chi connectivity index (χ0n) is 10.2. The topological polar surface area (TPSA) is 55.1 Å². The molecule has 1 N–H and O–H groups in total. The average molecular weight is 224 g/mol. The van der Waals surface area contributed by atoms with Gasteiger partial charge in [0.2, 0.25) is 0 Å². The molecule has 4 heteroatoms. The lowest BCUT2D eigenvalue weighted by atomic mass is 10.0. The van der Waals surface area contributed by atoms with E-state index in [4.69, 9.17) is 5.11 Å². The van der Waals surface area contributed by atoms with Crippen LogP contribution in [0.4, 0.5) is 0 Å². The molecule has 0 bridgehead atoms. The maximum Gasteiger partial charge on any atom is 0.306 e. The first kappa shape index (κ1) is 12.7. The summed E-state index contributed by atoms with van der Waals surface area (Å²) in [6.45, 7) is 6.79. The number of aromatic nitrogens is 2. The highest BCUT2D eigenvalue weighted by atomic mass is 16.4. The van der Waals surface area contributed by atoms with Gasteiger partial charge in [-0.05, 0) is 25.8 Å². The Morgan fingerprint density at radius 3 is 2.62 bits per heavy atom. The minimum absolute atomic E-state index is 0.299. The van der Waals surface area contributed by atoms with Crippen LogP contribution in [0.25, 0.3) is 0 Å². The molecular weight excluding hydrogens is 204 g/mol. The molecule has 1 heterocycles. The fourth-order valence-electron chi connectivity index (χ4n) is 1.78. The van der Waals surface area contributed by atoms with Crippen molar-refractivity contribution in [2.24, 2.45) is 5.92 Å². The number of hydrogen-bond acceptors (Lipinski definition) is 2. The SMILES string of the molecule is CCc1cc(CC(CC)C(=O)O)n(CC)n1. The zero-order chi connectivity index (χ0) is 12.1. The second-order valence-electron chi connectivity index (χ2n) is 3.94. The summed E-state index contributed by atoms with van der Waals surface area (Å²) in [6.07, 6.45) is 2.13. The Morgan fingerprint density at radius 1 is 1.50 bits per heavy atom. The molecule has 1 rings (SSSR count).